The van der Waals surface area contributed by atoms with Crippen molar-refractivity contribution in [3.8, 4) is 0 Å². The summed E-state index contributed by atoms with van der Waals surface area (Å²) in [4.78, 5) is 16.0. The Morgan fingerprint density at radius 1 is 1.32 bits per heavy atom. The molecule has 0 saturated carbocycles. The van der Waals surface area contributed by atoms with Gasteiger partial charge in [-0.2, -0.15) is 13.2 Å². The minimum atomic E-state index is -5.04. The maximum atomic E-state index is 13.0. The van der Waals surface area contributed by atoms with E-state index in [1.165, 1.54) is 12.3 Å². The fourth-order valence-electron chi connectivity index (χ4n) is 3.08. The molecule has 3 rings (SSSR count). The van der Waals surface area contributed by atoms with Crippen molar-refractivity contribution in [1.29, 1.82) is 0 Å². The van der Waals surface area contributed by atoms with Crippen LogP contribution in [0.1, 0.15) is 25.0 Å². The molecule has 0 radical (unpaired) electrons. The molecule has 0 aliphatic carbocycles. The average Bonchev–Trinajstić information content (AvgIpc) is 2.99. The van der Waals surface area contributed by atoms with E-state index in [9.17, 15) is 26.4 Å². The summed E-state index contributed by atoms with van der Waals surface area (Å²) in [6.07, 6.45) is -3.69. The van der Waals surface area contributed by atoms with E-state index in [1.54, 1.807) is 6.07 Å². The van der Waals surface area contributed by atoms with Gasteiger partial charge in [0.2, 0.25) is 10.0 Å². The second kappa shape index (κ2) is 7.16. The Balaban J connectivity index is 2.18. The lowest BCUT2D eigenvalue weighted by atomic mass is 10.0. The van der Waals surface area contributed by atoms with Crippen molar-refractivity contribution >= 4 is 38.3 Å². The summed E-state index contributed by atoms with van der Waals surface area (Å²) >= 11 is 5.92. The monoisotopic (exact) mass is 435 g/mol. The molecule has 11 heteroatoms. The van der Waals surface area contributed by atoms with Gasteiger partial charge in [0.15, 0.2) is 0 Å². The van der Waals surface area contributed by atoms with E-state index in [2.05, 4.69) is 9.71 Å². The predicted molar refractivity (Wildman–Crippen MR) is 97.1 cm³/mol. The van der Waals surface area contributed by atoms with Gasteiger partial charge in [0, 0.05) is 36.6 Å². The number of carbonyl (C=O) groups is 1. The van der Waals surface area contributed by atoms with Gasteiger partial charge in [0.1, 0.15) is 5.15 Å². The Bertz CT molecular complexity index is 1060. The first kappa shape index (κ1) is 20.8. The Labute approximate surface area is 164 Å². The smallest absolute Gasteiger partial charge is 0.326 e. The van der Waals surface area contributed by atoms with Crippen LogP contribution in [0.25, 0.3) is 10.8 Å². The highest BCUT2D eigenvalue weighted by Crippen LogP contribution is 2.37. The van der Waals surface area contributed by atoms with Crippen molar-refractivity contribution < 1.29 is 26.4 Å². The number of nitrogens with zero attached hydrogens (tertiary/aromatic N) is 2. The van der Waals surface area contributed by atoms with Gasteiger partial charge in [-0.15, -0.1) is 0 Å². The zero-order valence-electron chi connectivity index (χ0n) is 15.0. The molecule has 1 aliphatic heterocycles. The highest BCUT2D eigenvalue weighted by atomic mass is 35.5. The molecule has 0 atom stereocenters. The van der Waals surface area contributed by atoms with Crippen LogP contribution in [0.3, 0.4) is 0 Å². The number of carbonyl (C=O) groups excluding carboxylic acids is 1. The summed E-state index contributed by atoms with van der Waals surface area (Å²) in [6, 6.07) is 2.90. The van der Waals surface area contributed by atoms with Crippen molar-refractivity contribution in [2.75, 3.05) is 6.54 Å². The van der Waals surface area contributed by atoms with Crippen molar-refractivity contribution in [2.24, 2.45) is 5.92 Å². The Kier molecular flexibility index (Phi) is 5.32. The highest BCUT2D eigenvalue weighted by Gasteiger charge is 2.45. The van der Waals surface area contributed by atoms with Crippen LogP contribution in [-0.2, 0) is 27.9 Å². The van der Waals surface area contributed by atoms with Gasteiger partial charge in [-0.25, -0.2) is 18.1 Å². The second-order valence-corrected chi connectivity index (χ2v) is 9.07. The molecule has 152 valence electrons. The predicted octanol–water partition coefficient (Wildman–Crippen LogP) is 3.23. The van der Waals surface area contributed by atoms with Crippen LogP contribution < -0.4 is 4.72 Å². The standard InChI is InChI=1S/C17H17ClF3N3O3S/c1-9(2)5-23-28(26,27)15-12-4-14(18)22-6-10(12)3-11-7-24(8-13(11)15)16(25)17(19,20)21/h3-4,6,9,23H,5,7-8H2,1-2H3. The number of hydrogen-bond donors (Lipinski definition) is 1. The van der Waals surface area contributed by atoms with Gasteiger partial charge in [-0.1, -0.05) is 25.4 Å². The highest BCUT2D eigenvalue weighted by molar-refractivity contribution is 7.89. The second-order valence-electron chi connectivity index (χ2n) is 6.98. The van der Waals surface area contributed by atoms with Crippen LogP contribution in [0, 0.1) is 5.92 Å². The fourth-order valence-corrected chi connectivity index (χ4v) is 4.92. The number of fused-ring (bicyclic) bond motifs is 2. The van der Waals surface area contributed by atoms with Crippen molar-refractivity contribution in [3.05, 3.63) is 34.6 Å². The lowest BCUT2D eigenvalue weighted by Crippen LogP contribution is -2.37. The van der Waals surface area contributed by atoms with Crippen LogP contribution in [-0.4, -0.2) is 36.9 Å². The lowest BCUT2D eigenvalue weighted by molar-refractivity contribution is -0.186. The number of sulfonamides is 1. The van der Waals surface area contributed by atoms with Crippen LogP contribution >= 0.6 is 11.6 Å². The van der Waals surface area contributed by atoms with E-state index in [0.717, 1.165) is 0 Å². The number of aromatic nitrogens is 1. The molecule has 2 heterocycles. The summed E-state index contributed by atoms with van der Waals surface area (Å²) in [7, 11) is -4.06. The normalized spacial score (nSPS) is 14.8. The van der Waals surface area contributed by atoms with Gasteiger partial charge in [-0.3, -0.25) is 4.79 Å². The molecule has 1 aliphatic rings. The van der Waals surface area contributed by atoms with E-state index >= 15 is 0 Å². The quantitative estimate of drug-likeness (QED) is 0.748. The Hall–Kier alpha value is -1.91. The largest absolute Gasteiger partial charge is 0.471 e. The van der Waals surface area contributed by atoms with Crippen molar-refractivity contribution in [3.63, 3.8) is 0 Å². The number of benzene rings is 1. The molecule has 0 bridgehead atoms. The third-order valence-corrected chi connectivity index (χ3v) is 6.08. The summed E-state index contributed by atoms with van der Waals surface area (Å²) in [5, 5.41) is 0.708. The number of pyridine rings is 1. The van der Waals surface area contributed by atoms with Gasteiger partial charge in [0.05, 0.1) is 4.90 Å². The first-order valence-electron chi connectivity index (χ1n) is 8.36. The number of hydrogen-bond acceptors (Lipinski definition) is 4. The maximum absolute atomic E-state index is 13.0. The maximum Gasteiger partial charge on any atom is 0.471 e. The lowest BCUT2D eigenvalue weighted by Gasteiger charge is -2.17. The average molecular weight is 436 g/mol. The molecular formula is C17H17ClF3N3O3S. The van der Waals surface area contributed by atoms with Gasteiger partial charge in [0.25, 0.3) is 0 Å². The molecule has 1 aromatic carbocycles. The zero-order valence-corrected chi connectivity index (χ0v) is 16.5. The molecule has 0 spiro atoms. The molecular weight excluding hydrogens is 419 g/mol. The topological polar surface area (TPSA) is 79.4 Å². The SMILES string of the molecule is CC(C)CNS(=O)(=O)c1c2c(cc3cnc(Cl)cc13)CN(C(=O)C(F)(F)F)C2. The number of amides is 1. The number of alkyl halides is 3. The minimum Gasteiger partial charge on any atom is -0.326 e. The van der Waals surface area contributed by atoms with Crippen molar-refractivity contribution in [1.82, 2.24) is 14.6 Å². The molecule has 2 aromatic rings. The Morgan fingerprint density at radius 2 is 2.00 bits per heavy atom. The molecule has 0 saturated heterocycles. The third-order valence-electron chi connectivity index (χ3n) is 4.33. The van der Waals surface area contributed by atoms with Gasteiger partial charge >= 0.3 is 12.1 Å². The third kappa shape index (κ3) is 3.94. The van der Waals surface area contributed by atoms with E-state index in [0.29, 0.717) is 15.8 Å². The molecule has 1 amide bonds. The number of nitrogens with one attached hydrogen (secondary N) is 1. The summed E-state index contributed by atoms with van der Waals surface area (Å²) < 4.78 is 67.0. The molecule has 0 unspecified atom stereocenters. The van der Waals surface area contributed by atoms with Gasteiger partial charge < -0.3 is 4.90 Å². The van der Waals surface area contributed by atoms with Crippen LogP contribution in [0.15, 0.2) is 23.2 Å². The Morgan fingerprint density at radius 3 is 2.61 bits per heavy atom. The van der Waals surface area contributed by atoms with Gasteiger partial charge in [-0.05, 0) is 29.2 Å². The fraction of sp³-hybridized carbons (Fsp3) is 0.412. The van der Waals surface area contributed by atoms with Crippen LogP contribution in [0.2, 0.25) is 5.15 Å². The van der Waals surface area contributed by atoms with Crippen LogP contribution in [0.4, 0.5) is 13.2 Å². The first-order chi connectivity index (χ1) is 12.9. The van der Waals surface area contributed by atoms with Crippen molar-refractivity contribution in [2.45, 2.75) is 38.0 Å². The summed E-state index contributed by atoms with van der Waals surface area (Å²) in [5.74, 6) is -1.99. The van der Waals surface area contributed by atoms with E-state index in [-0.39, 0.29) is 40.0 Å². The van der Waals surface area contributed by atoms with E-state index < -0.39 is 28.7 Å². The molecule has 1 N–H and O–H groups in total. The summed E-state index contributed by atoms with van der Waals surface area (Å²) in [6.45, 7) is 3.00. The van der Waals surface area contributed by atoms with E-state index in [1.807, 2.05) is 13.8 Å². The molecule has 0 fully saturated rings. The molecule has 28 heavy (non-hydrogen) atoms. The molecule has 1 aromatic heterocycles. The number of halogens is 4. The van der Waals surface area contributed by atoms with Crippen LogP contribution in [0.5, 0.6) is 0 Å². The summed E-state index contributed by atoms with van der Waals surface area (Å²) in [5.41, 5.74) is 0.489. The molecule has 6 nitrogen and oxygen atoms in total. The first-order valence-corrected chi connectivity index (χ1v) is 10.2. The number of rotatable bonds is 4. The van der Waals surface area contributed by atoms with E-state index in [4.69, 9.17) is 11.6 Å². The minimum absolute atomic E-state index is 0.0198. The zero-order chi connectivity index (χ0) is 20.9.